The van der Waals surface area contributed by atoms with Gasteiger partial charge in [0.25, 0.3) is 5.91 Å². The van der Waals surface area contributed by atoms with Gasteiger partial charge in [0.05, 0.1) is 20.8 Å². The number of ether oxygens (including phenoxy) is 2. The Hall–Kier alpha value is -2.61. The number of benzene rings is 1. The third-order valence-corrected chi connectivity index (χ3v) is 5.45. The van der Waals surface area contributed by atoms with Gasteiger partial charge in [-0.1, -0.05) is 0 Å². The highest BCUT2D eigenvalue weighted by atomic mass is 16.5. The second-order valence-electron chi connectivity index (χ2n) is 7.07. The molecular weight excluding hydrogens is 362 g/mol. The molecule has 2 aliphatic heterocycles. The first-order valence-electron chi connectivity index (χ1n) is 9.57. The quantitative estimate of drug-likeness (QED) is 0.756. The lowest BCUT2D eigenvalue weighted by Crippen LogP contribution is -2.60. The molecule has 2 saturated heterocycles. The molecular formula is C20H27N3O5. The zero-order valence-corrected chi connectivity index (χ0v) is 16.3. The van der Waals surface area contributed by atoms with Crippen LogP contribution in [0.4, 0.5) is 0 Å². The van der Waals surface area contributed by atoms with Crippen molar-refractivity contribution in [3.63, 3.8) is 0 Å². The van der Waals surface area contributed by atoms with Gasteiger partial charge in [0.15, 0.2) is 0 Å². The largest absolute Gasteiger partial charge is 0.497 e. The first-order chi connectivity index (χ1) is 13.5. The van der Waals surface area contributed by atoms with Crippen molar-refractivity contribution in [3.8, 4) is 5.75 Å². The Morgan fingerprint density at radius 1 is 1.04 bits per heavy atom. The number of piperidine rings is 1. The van der Waals surface area contributed by atoms with Crippen molar-refractivity contribution in [2.24, 2.45) is 5.92 Å². The molecule has 2 fully saturated rings. The van der Waals surface area contributed by atoms with Crippen molar-refractivity contribution in [2.45, 2.75) is 18.9 Å². The number of hydrogen-bond acceptors (Lipinski definition) is 6. The monoisotopic (exact) mass is 389 g/mol. The molecule has 0 radical (unpaired) electrons. The van der Waals surface area contributed by atoms with Crippen molar-refractivity contribution in [2.75, 3.05) is 46.9 Å². The van der Waals surface area contributed by atoms with Gasteiger partial charge >= 0.3 is 5.97 Å². The summed E-state index contributed by atoms with van der Waals surface area (Å²) in [6, 6.07) is 5.94. The number of methoxy groups -OCH3 is 2. The summed E-state index contributed by atoms with van der Waals surface area (Å²) in [4.78, 5) is 41.4. The van der Waals surface area contributed by atoms with Crippen LogP contribution in [-0.2, 0) is 14.3 Å². The summed E-state index contributed by atoms with van der Waals surface area (Å²) < 4.78 is 10.0. The molecule has 2 heterocycles. The van der Waals surface area contributed by atoms with Crippen LogP contribution in [-0.4, -0.2) is 80.6 Å². The minimum Gasteiger partial charge on any atom is -0.497 e. The minimum absolute atomic E-state index is 0.0246. The lowest BCUT2D eigenvalue weighted by atomic mass is 9.95. The number of esters is 1. The standard InChI is InChI=1S/C20H27N3O5/c1-27-16-5-3-14(4-6-16)19(25)23-12-11-22(13-17(23)20(26)28-2)18(24)15-7-9-21-10-8-15/h3-6,15,17,21H,7-13H2,1-2H3/t17-/m0/s1. The van der Waals surface area contributed by atoms with E-state index >= 15 is 0 Å². The average Bonchev–Trinajstić information content (AvgIpc) is 2.77. The van der Waals surface area contributed by atoms with Gasteiger partial charge in [0.1, 0.15) is 11.8 Å². The molecule has 28 heavy (non-hydrogen) atoms. The topological polar surface area (TPSA) is 88.2 Å². The van der Waals surface area contributed by atoms with Crippen LogP contribution >= 0.6 is 0 Å². The lowest BCUT2D eigenvalue weighted by molar-refractivity contribution is -0.151. The van der Waals surface area contributed by atoms with E-state index in [1.165, 1.54) is 12.0 Å². The Kier molecular flexibility index (Phi) is 6.51. The van der Waals surface area contributed by atoms with Gasteiger partial charge in [-0.05, 0) is 50.2 Å². The molecule has 1 aromatic rings. The number of amides is 2. The zero-order chi connectivity index (χ0) is 20.1. The molecule has 0 bridgehead atoms. The maximum absolute atomic E-state index is 13.0. The smallest absolute Gasteiger partial charge is 0.330 e. The molecule has 2 amide bonds. The Balaban J connectivity index is 1.74. The van der Waals surface area contributed by atoms with Crippen LogP contribution in [0.3, 0.4) is 0 Å². The van der Waals surface area contributed by atoms with Crippen molar-refractivity contribution < 1.29 is 23.9 Å². The van der Waals surface area contributed by atoms with Gasteiger partial charge in [-0.15, -0.1) is 0 Å². The molecule has 0 aromatic heterocycles. The normalized spacial score (nSPS) is 20.6. The summed E-state index contributed by atoms with van der Waals surface area (Å²) >= 11 is 0. The highest BCUT2D eigenvalue weighted by Crippen LogP contribution is 2.21. The van der Waals surface area contributed by atoms with Crippen molar-refractivity contribution in [1.29, 1.82) is 0 Å². The fourth-order valence-corrected chi connectivity index (χ4v) is 3.79. The molecule has 8 heteroatoms. The van der Waals surface area contributed by atoms with E-state index in [1.54, 1.807) is 36.3 Å². The Morgan fingerprint density at radius 2 is 1.71 bits per heavy atom. The van der Waals surface area contributed by atoms with E-state index in [1.807, 2.05) is 0 Å². The molecule has 3 rings (SSSR count). The molecule has 1 atom stereocenters. The van der Waals surface area contributed by atoms with Gasteiger partial charge in [-0.3, -0.25) is 9.59 Å². The van der Waals surface area contributed by atoms with Crippen LogP contribution in [0, 0.1) is 5.92 Å². The third-order valence-electron chi connectivity index (χ3n) is 5.45. The second kappa shape index (κ2) is 9.05. The summed E-state index contributed by atoms with van der Waals surface area (Å²) in [6.07, 6.45) is 1.60. The Bertz CT molecular complexity index is 715. The van der Waals surface area contributed by atoms with Crippen LogP contribution in [0.1, 0.15) is 23.2 Å². The number of carbonyl (C=O) groups excluding carboxylic acids is 3. The van der Waals surface area contributed by atoms with Crippen LogP contribution in [0.15, 0.2) is 24.3 Å². The van der Waals surface area contributed by atoms with Crippen LogP contribution in [0.25, 0.3) is 0 Å². The predicted octanol–water partition coefficient (Wildman–Crippen LogP) is 0.521. The van der Waals surface area contributed by atoms with Gasteiger partial charge in [0.2, 0.25) is 5.91 Å². The van der Waals surface area contributed by atoms with E-state index in [-0.39, 0.29) is 24.3 Å². The first kappa shape index (κ1) is 20.1. The van der Waals surface area contributed by atoms with Crippen LogP contribution in [0.5, 0.6) is 5.75 Å². The summed E-state index contributed by atoms with van der Waals surface area (Å²) in [5.41, 5.74) is 0.466. The summed E-state index contributed by atoms with van der Waals surface area (Å²) in [5, 5.41) is 3.25. The highest BCUT2D eigenvalue weighted by molar-refractivity contribution is 5.97. The summed E-state index contributed by atoms with van der Waals surface area (Å²) in [7, 11) is 2.86. The number of carbonyl (C=O) groups is 3. The van der Waals surface area contributed by atoms with E-state index in [4.69, 9.17) is 9.47 Å². The van der Waals surface area contributed by atoms with Gasteiger partial charge < -0.3 is 24.6 Å². The first-order valence-corrected chi connectivity index (χ1v) is 9.57. The van der Waals surface area contributed by atoms with E-state index in [0.717, 1.165) is 25.9 Å². The molecule has 1 N–H and O–H groups in total. The van der Waals surface area contributed by atoms with E-state index in [0.29, 0.717) is 24.4 Å². The molecule has 0 saturated carbocycles. The fraction of sp³-hybridized carbons (Fsp3) is 0.550. The molecule has 0 unspecified atom stereocenters. The lowest BCUT2D eigenvalue weighted by Gasteiger charge is -2.41. The Morgan fingerprint density at radius 3 is 2.32 bits per heavy atom. The maximum Gasteiger partial charge on any atom is 0.330 e. The Labute approximate surface area is 164 Å². The van der Waals surface area contributed by atoms with E-state index < -0.39 is 12.0 Å². The third kappa shape index (κ3) is 4.27. The minimum atomic E-state index is -0.806. The van der Waals surface area contributed by atoms with Crippen molar-refractivity contribution in [3.05, 3.63) is 29.8 Å². The average molecular weight is 389 g/mol. The molecule has 0 spiro atoms. The molecule has 2 aliphatic rings. The van der Waals surface area contributed by atoms with Gasteiger partial charge in [-0.25, -0.2) is 4.79 Å². The van der Waals surface area contributed by atoms with Crippen molar-refractivity contribution >= 4 is 17.8 Å². The molecule has 0 aliphatic carbocycles. The highest BCUT2D eigenvalue weighted by Gasteiger charge is 2.39. The van der Waals surface area contributed by atoms with E-state index in [2.05, 4.69) is 5.32 Å². The van der Waals surface area contributed by atoms with Gasteiger partial charge in [0, 0.05) is 24.6 Å². The SMILES string of the molecule is COC(=O)[C@@H]1CN(C(=O)C2CCNCC2)CCN1C(=O)c1ccc(OC)cc1. The number of nitrogens with zero attached hydrogens (tertiary/aromatic N) is 2. The van der Waals surface area contributed by atoms with E-state index in [9.17, 15) is 14.4 Å². The number of nitrogens with one attached hydrogen (secondary N) is 1. The van der Waals surface area contributed by atoms with Crippen LogP contribution < -0.4 is 10.1 Å². The van der Waals surface area contributed by atoms with Crippen molar-refractivity contribution in [1.82, 2.24) is 15.1 Å². The number of piperazine rings is 1. The van der Waals surface area contributed by atoms with Gasteiger partial charge in [-0.2, -0.15) is 0 Å². The fourth-order valence-electron chi connectivity index (χ4n) is 3.79. The predicted molar refractivity (Wildman–Crippen MR) is 102 cm³/mol. The second-order valence-corrected chi connectivity index (χ2v) is 7.07. The zero-order valence-electron chi connectivity index (χ0n) is 16.3. The molecule has 152 valence electrons. The molecule has 1 aromatic carbocycles. The summed E-state index contributed by atoms with van der Waals surface area (Å²) in [5.74, 6) is -0.0783. The number of hydrogen-bond donors (Lipinski definition) is 1. The maximum atomic E-state index is 13.0. The molecule has 8 nitrogen and oxygen atoms in total. The van der Waals surface area contributed by atoms with Crippen LogP contribution in [0.2, 0.25) is 0 Å². The number of rotatable bonds is 4. The summed E-state index contributed by atoms with van der Waals surface area (Å²) in [6.45, 7) is 2.52.